The summed E-state index contributed by atoms with van der Waals surface area (Å²) in [5.74, 6) is -0.417. The fourth-order valence-corrected chi connectivity index (χ4v) is 4.43. The molecule has 1 aromatic carbocycles. The molecule has 142 valence electrons. The Kier molecular flexibility index (Phi) is 3.26. The topological polar surface area (TPSA) is 58.8 Å². The summed E-state index contributed by atoms with van der Waals surface area (Å²) in [6.45, 7) is 2.27. The monoisotopic (exact) mass is 377 g/mol. The fraction of sp³-hybridized carbons (Fsp3) is 0.421. The van der Waals surface area contributed by atoms with E-state index in [0.29, 0.717) is 23.0 Å². The van der Waals surface area contributed by atoms with Gasteiger partial charge < -0.3 is 19.7 Å². The molecular weight excluding hydrogens is 359 g/mol. The molecule has 0 amide bonds. The highest BCUT2D eigenvalue weighted by Crippen LogP contribution is 2.53. The largest absolute Gasteiger partial charge is 0.506 e. The smallest absolute Gasteiger partial charge is 0.416 e. The van der Waals surface area contributed by atoms with E-state index in [0.717, 1.165) is 37.3 Å². The first-order valence-corrected chi connectivity index (χ1v) is 8.81. The molecule has 1 aliphatic carbocycles. The van der Waals surface area contributed by atoms with Crippen LogP contribution in [0, 0.1) is 12.3 Å². The van der Waals surface area contributed by atoms with Crippen molar-refractivity contribution in [2.24, 2.45) is 10.4 Å². The Morgan fingerprint density at radius 2 is 2.07 bits per heavy atom. The summed E-state index contributed by atoms with van der Waals surface area (Å²) >= 11 is 0. The lowest BCUT2D eigenvalue weighted by atomic mass is 9.65. The third kappa shape index (κ3) is 2.46. The van der Waals surface area contributed by atoms with Crippen molar-refractivity contribution in [3.05, 3.63) is 35.7 Å². The summed E-state index contributed by atoms with van der Waals surface area (Å²) in [6.07, 6.45) is 3.25. The Morgan fingerprint density at radius 1 is 1.30 bits per heavy atom. The number of nitrogens with zero attached hydrogens (tertiary/aromatic N) is 2. The molecule has 27 heavy (non-hydrogen) atoms. The summed E-state index contributed by atoms with van der Waals surface area (Å²) in [7, 11) is 0. The molecule has 3 fully saturated rings. The van der Waals surface area contributed by atoms with Crippen molar-refractivity contribution in [2.75, 3.05) is 11.9 Å². The molecule has 1 atom stereocenters. The van der Waals surface area contributed by atoms with Gasteiger partial charge in [0.05, 0.1) is 35.7 Å². The number of ether oxygens (including phenoxy) is 1. The number of aromatic nitrogens is 1. The van der Waals surface area contributed by atoms with Gasteiger partial charge in [-0.15, -0.1) is 0 Å². The lowest BCUT2D eigenvalue weighted by Gasteiger charge is -2.42. The van der Waals surface area contributed by atoms with Gasteiger partial charge in [0.1, 0.15) is 11.4 Å². The fourth-order valence-electron chi connectivity index (χ4n) is 4.43. The first-order valence-electron chi connectivity index (χ1n) is 8.81. The number of fused-ring (bicyclic) bond motifs is 2. The number of hydrogen-bond donors (Lipinski definition) is 2. The van der Waals surface area contributed by atoms with Gasteiger partial charge in [-0.1, -0.05) is 0 Å². The van der Waals surface area contributed by atoms with Crippen molar-refractivity contribution < 1.29 is 23.0 Å². The van der Waals surface area contributed by atoms with Crippen LogP contribution in [0.4, 0.5) is 24.5 Å². The zero-order valence-corrected chi connectivity index (χ0v) is 14.5. The SMILES string of the molecule is Cc1cc(C(F)(F)F)cc(O)c1-n1cc2c(c1)NC(C13COC(C1)C3)C=N2. The van der Waals surface area contributed by atoms with Crippen LogP contribution in [0.5, 0.6) is 5.75 Å². The molecule has 4 aliphatic rings. The third-order valence-electron chi connectivity index (χ3n) is 5.88. The van der Waals surface area contributed by atoms with Crippen molar-refractivity contribution in [3.63, 3.8) is 0 Å². The zero-order chi connectivity index (χ0) is 19.0. The Morgan fingerprint density at radius 3 is 2.70 bits per heavy atom. The predicted octanol–water partition coefficient (Wildman–Crippen LogP) is 4.19. The van der Waals surface area contributed by atoms with Crippen molar-refractivity contribution in [2.45, 2.75) is 38.1 Å². The van der Waals surface area contributed by atoms with E-state index >= 15 is 0 Å². The van der Waals surface area contributed by atoms with Crippen molar-refractivity contribution in [1.29, 1.82) is 0 Å². The molecule has 2 aromatic rings. The molecule has 8 heteroatoms. The van der Waals surface area contributed by atoms with Gasteiger partial charge in [-0.05, 0) is 37.5 Å². The highest BCUT2D eigenvalue weighted by atomic mass is 19.4. The van der Waals surface area contributed by atoms with Gasteiger partial charge in [-0.2, -0.15) is 13.2 Å². The van der Waals surface area contributed by atoms with Crippen LogP contribution in [0.15, 0.2) is 29.5 Å². The van der Waals surface area contributed by atoms with Crippen LogP contribution >= 0.6 is 0 Å². The minimum absolute atomic E-state index is 0.0712. The highest BCUT2D eigenvalue weighted by Gasteiger charge is 2.56. The quantitative estimate of drug-likeness (QED) is 0.825. The zero-order valence-electron chi connectivity index (χ0n) is 14.5. The van der Waals surface area contributed by atoms with Gasteiger partial charge >= 0.3 is 6.18 Å². The lowest BCUT2D eigenvalue weighted by molar-refractivity contribution is -0.137. The Bertz CT molecular complexity index is 929. The van der Waals surface area contributed by atoms with E-state index < -0.39 is 17.5 Å². The molecular formula is C19H18F3N3O2. The Balaban J connectivity index is 1.47. The molecule has 4 heterocycles. The van der Waals surface area contributed by atoms with E-state index in [9.17, 15) is 18.3 Å². The number of alkyl halides is 3. The average molecular weight is 377 g/mol. The number of benzene rings is 1. The molecule has 1 aromatic heterocycles. The summed E-state index contributed by atoms with van der Waals surface area (Å²) in [4.78, 5) is 4.53. The third-order valence-corrected chi connectivity index (χ3v) is 5.88. The maximum absolute atomic E-state index is 12.9. The van der Waals surface area contributed by atoms with Crippen LogP contribution < -0.4 is 5.32 Å². The molecule has 2 N–H and O–H groups in total. The second-order valence-corrected chi connectivity index (χ2v) is 7.73. The van der Waals surface area contributed by atoms with Gasteiger partial charge in [-0.3, -0.25) is 4.99 Å². The Hall–Kier alpha value is -2.48. The Labute approximate surface area is 153 Å². The minimum atomic E-state index is -4.50. The molecule has 1 saturated carbocycles. The number of halogens is 3. The van der Waals surface area contributed by atoms with Crippen LogP contribution in [0.2, 0.25) is 0 Å². The van der Waals surface area contributed by atoms with Crippen LogP contribution in [-0.4, -0.2) is 34.6 Å². The summed E-state index contributed by atoms with van der Waals surface area (Å²) < 4.78 is 46.1. The molecule has 1 unspecified atom stereocenters. The molecule has 2 bridgehead atoms. The van der Waals surface area contributed by atoms with Gasteiger partial charge in [0.25, 0.3) is 0 Å². The molecule has 6 rings (SSSR count). The van der Waals surface area contributed by atoms with Gasteiger partial charge in [-0.25, -0.2) is 0 Å². The van der Waals surface area contributed by atoms with Gasteiger partial charge in [0, 0.05) is 24.0 Å². The predicted molar refractivity (Wildman–Crippen MR) is 94.1 cm³/mol. The second kappa shape index (κ2) is 5.28. The van der Waals surface area contributed by atoms with Crippen LogP contribution in [0.25, 0.3) is 5.69 Å². The molecule has 0 spiro atoms. The first kappa shape index (κ1) is 16.7. The number of anilines is 1. The van der Waals surface area contributed by atoms with Crippen LogP contribution in [-0.2, 0) is 10.9 Å². The van der Waals surface area contributed by atoms with Crippen LogP contribution in [0.1, 0.15) is 24.0 Å². The first-order chi connectivity index (χ1) is 12.7. The van der Waals surface area contributed by atoms with E-state index in [2.05, 4.69) is 10.3 Å². The lowest BCUT2D eigenvalue weighted by Crippen LogP contribution is -2.48. The number of aromatic hydroxyl groups is 1. The summed E-state index contributed by atoms with van der Waals surface area (Å²) in [5.41, 5.74) is 1.36. The van der Waals surface area contributed by atoms with E-state index in [4.69, 9.17) is 4.74 Å². The standard InChI is InChI=1S/C19H18F3N3O2/c1-10-2-11(19(20,21)22)3-15(26)17(10)25-7-13-14(8-25)24-16(6-23-13)18-4-12(5-18)27-9-18/h2-3,6-8,12,16,24,26H,4-5,9H2,1H3. The van der Waals surface area contributed by atoms with Gasteiger partial charge in [0.2, 0.25) is 0 Å². The summed E-state index contributed by atoms with van der Waals surface area (Å²) in [5, 5.41) is 13.7. The number of nitrogens with one attached hydrogen (secondary N) is 1. The van der Waals surface area contributed by atoms with Crippen molar-refractivity contribution in [3.8, 4) is 11.4 Å². The maximum Gasteiger partial charge on any atom is 0.416 e. The average Bonchev–Trinajstić information content (AvgIpc) is 3.26. The minimum Gasteiger partial charge on any atom is -0.506 e. The molecule has 3 aliphatic heterocycles. The van der Waals surface area contributed by atoms with E-state index in [1.165, 1.54) is 0 Å². The summed E-state index contributed by atoms with van der Waals surface area (Å²) in [6, 6.07) is 1.86. The number of rotatable bonds is 2. The number of phenolic OH excluding ortho intramolecular Hbond substituents is 1. The maximum atomic E-state index is 12.9. The number of hydrogen-bond acceptors (Lipinski definition) is 4. The van der Waals surface area contributed by atoms with E-state index in [1.54, 1.807) is 23.9 Å². The number of phenols is 1. The van der Waals surface area contributed by atoms with E-state index in [1.807, 2.05) is 6.21 Å². The highest BCUT2D eigenvalue weighted by molar-refractivity contribution is 5.84. The van der Waals surface area contributed by atoms with E-state index in [-0.39, 0.29) is 11.5 Å². The van der Waals surface area contributed by atoms with Crippen LogP contribution in [0.3, 0.4) is 0 Å². The number of aryl methyl sites for hydroxylation is 1. The normalized spacial score (nSPS) is 28.6. The van der Waals surface area contributed by atoms with Crippen molar-refractivity contribution in [1.82, 2.24) is 4.57 Å². The number of aliphatic imine (C=N–C) groups is 1. The molecule has 5 nitrogen and oxygen atoms in total. The van der Waals surface area contributed by atoms with Crippen molar-refractivity contribution >= 4 is 17.6 Å². The van der Waals surface area contributed by atoms with Gasteiger partial charge in [0.15, 0.2) is 0 Å². The molecule has 2 saturated heterocycles. The molecule has 0 radical (unpaired) electrons. The second-order valence-electron chi connectivity index (χ2n) is 7.73.